The summed E-state index contributed by atoms with van der Waals surface area (Å²) in [5.74, 6) is 0. The largest absolute Gasteiger partial charge is 0.316 e. The van der Waals surface area contributed by atoms with Crippen molar-refractivity contribution in [1.82, 2.24) is 5.32 Å². The summed E-state index contributed by atoms with van der Waals surface area (Å²) in [5, 5.41) is 3.22. The molecule has 1 N–H and O–H groups in total. The van der Waals surface area contributed by atoms with E-state index in [1.54, 1.807) is 0 Å². The van der Waals surface area contributed by atoms with Gasteiger partial charge in [-0.2, -0.15) is 0 Å². The van der Waals surface area contributed by atoms with Crippen molar-refractivity contribution < 1.29 is 0 Å². The zero-order chi connectivity index (χ0) is 12.1. The van der Waals surface area contributed by atoms with Crippen LogP contribution in [0.25, 0.3) is 11.1 Å². The Kier molecular flexibility index (Phi) is 3.94. The van der Waals surface area contributed by atoms with Crippen molar-refractivity contribution in [2.75, 3.05) is 7.05 Å². The second kappa shape index (κ2) is 5.65. The summed E-state index contributed by atoms with van der Waals surface area (Å²) in [6, 6.07) is 17.4. The first-order valence-corrected chi connectivity index (χ1v) is 6.17. The predicted molar refractivity (Wildman–Crippen MR) is 74.0 cm³/mol. The predicted octanol–water partition coefficient (Wildman–Crippen LogP) is 3.64. The van der Waals surface area contributed by atoms with E-state index in [0.717, 1.165) is 13.0 Å². The maximum atomic E-state index is 3.22. The molecule has 0 aromatic heterocycles. The molecule has 1 nitrogen and oxygen atoms in total. The van der Waals surface area contributed by atoms with Crippen LogP contribution in [0, 0.1) is 0 Å². The third-order valence-corrected chi connectivity index (χ3v) is 3.03. The third-order valence-electron chi connectivity index (χ3n) is 3.03. The minimum absolute atomic E-state index is 0.909. The van der Waals surface area contributed by atoms with Crippen LogP contribution < -0.4 is 5.32 Å². The lowest BCUT2D eigenvalue weighted by Gasteiger charge is -2.10. The van der Waals surface area contributed by atoms with Crippen LogP contribution in [0.3, 0.4) is 0 Å². The van der Waals surface area contributed by atoms with Gasteiger partial charge in [-0.1, -0.05) is 55.5 Å². The quantitative estimate of drug-likeness (QED) is 0.837. The summed E-state index contributed by atoms with van der Waals surface area (Å²) in [6.07, 6.45) is 1.09. The Labute approximate surface area is 103 Å². The summed E-state index contributed by atoms with van der Waals surface area (Å²) in [4.78, 5) is 0. The summed E-state index contributed by atoms with van der Waals surface area (Å²) >= 11 is 0. The molecule has 0 atom stereocenters. The SMILES string of the molecule is CCc1cccc(-c2ccccc2CNC)c1. The Balaban J connectivity index is 2.44. The van der Waals surface area contributed by atoms with Crippen molar-refractivity contribution in [3.63, 3.8) is 0 Å². The Hall–Kier alpha value is -1.60. The number of hydrogen-bond acceptors (Lipinski definition) is 1. The standard InChI is InChI=1S/C16H19N/c1-3-13-7-6-9-14(11-13)16-10-5-4-8-15(16)12-17-2/h4-11,17H,3,12H2,1-2H3. The van der Waals surface area contributed by atoms with Crippen molar-refractivity contribution in [1.29, 1.82) is 0 Å². The lowest BCUT2D eigenvalue weighted by molar-refractivity contribution is 0.819. The van der Waals surface area contributed by atoms with Gasteiger partial charge >= 0.3 is 0 Å². The van der Waals surface area contributed by atoms with E-state index in [4.69, 9.17) is 0 Å². The maximum absolute atomic E-state index is 3.22. The normalized spacial score (nSPS) is 10.5. The zero-order valence-corrected chi connectivity index (χ0v) is 10.5. The molecule has 0 saturated carbocycles. The Morgan fingerprint density at radius 2 is 1.82 bits per heavy atom. The molecule has 0 amide bonds. The van der Waals surface area contributed by atoms with Gasteiger partial charge in [-0.15, -0.1) is 0 Å². The van der Waals surface area contributed by atoms with Crippen molar-refractivity contribution in [3.05, 3.63) is 59.7 Å². The fourth-order valence-corrected chi connectivity index (χ4v) is 2.11. The van der Waals surface area contributed by atoms with Gasteiger partial charge in [0.25, 0.3) is 0 Å². The van der Waals surface area contributed by atoms with E-state index in [0.29, 0.717) is 0 Å². The van der Waals surface area contributed by atoms with Crippen LogP contribution >= 0.6 is 0 Å². The average molecular weight is 225 g/mol. The van der Waals surface area contributed by atoms with Gasteiger partial charge in [-0.3, -0.25) is 0 Å². The Morgan fingerprint density at radius 1 is 1.00 bits per heavy atom. The molecule has 2 aromatic rings. The van der Waals surface area contributed by atoms with Gasteiger partial charge in [0.15, 0.2) is 0 Å². The topological polar surface area (TPSA) is 12.0 Å². The molecule has 1 heteroatoms. The van der Waals surface area contributed by atoms with Gasteiger partial charge in [-0.05, 0) is 35.7 Å². The molecule has 88 valence electrons. The molecule has 0 aliphatic carbocycles. The highest BCUT2D eigenvalue weighted by Crippen LogP contribution is 2.24. The van der Waals surface area contributed by atoms with E-state index < -0.39 is 0 Å². The number of aryl methyl sites for hydroxylation is 1. The van der Waals surface area contributed by atoms with Crippen molar-refractivity contribution in [2.45, 2.75) is 19.9 Å². The van der Waals surface area contributed by atoms with Crippen molar-refractivity contribution >= 4 is 0 Å². The van der Waals surface area contributed by atoms with Crippen molar-refractivity contribution in [2.24, 2.45) is 0 Å². The molecule has 0 fully saturated rings. The van der Waals surface area contributed by atoms with E-state index >= 15 is 0 Å². The minimum atomic E-state index is 0.909. The van der Waals surface area contributed by atoms with E-state index in [1.165, 1.54) is 22.3 Å². The van der Waals surface area contributed by atoms with E-state index in [-0.39, 0.29) is 0 Å². The van der Waals surface area contributed by atoms with Crippen LogP contribution in [-0.2, 0) is 13.0 Å². The van der Waals surface area contributed by atoms with Gasteiger partial charge in [0.1, 0.15) is 0 Å². The van der Waals surface area contributed by atoms with Gasteiger partial charge in [0.05, 0.1) is 0 Å². The first kappa shape index (κ1) is 11.9. The van der Waals surface area contributed by atoms with Crippen LogP contribution in [-0.4, -0.2) is 7.05 Å². The summed E-state index contributed by atoms with van der Waals surface area (Å²) in [5.41, 5.74) is 5.39. The molecule has 0 aliphatic rings. The third kappa shape index (κ3) is 2.75. The van der Waals surface area contributed by atoms with Crippen LogP contribution in [0.15, 0.2) is 48.5 Å². The van der Waals surface area contributed by atoms with Crippen LogP contribution in [0.5, 0.6) is 0 Å². The lowest BCUT2D eigenvalue weighted by Crippen LogP contribution is -2.06. The van der Waals surface area contributed by atoms with E-state index in [2.05, 4.69) is 60.8 Å². The smallest absolute Gasteiger partial charge is 0.0208 e. The molecule has 0 bridgehead atoms. The second-order valence-electron chi connectivity index (χ2n) is 4.24. The lowest BCUT2D eigenvalue weighted by atomic mass is 9.97. The van der Waals surface area contributed by atoms with Crippen LogP contribution in [0.1, 0.15) is 18.1 Å². The molecule has 0 saturated heterocycles. The van der Waals surface area contributed by atoms with E-state index in [1.807, 2.05) is 7.05 Å². The Bertz CT molecular complexity index is 488. The number of hydrogen-bond donors (Lipinski definition) is 1. The molecule has 2 aromatic carbocycles. The van der Waals surface area contributed by atoms with E-state index in [9.17, 15) is 0 Å². The second-order valence-corrected chi connectivity index (χ2v) is 4.24. The average Bonchev–Trinajstić information content (AvgIpc) is 2.40. The molecule has 0 spiro atoms. The molecule has 0 unspecified atom stereocenters. The molecular weight excluding hydrogens is 206 g/mol. The number of rotatable bonds is 4. The molecule has 0 aliphatic heterocycles. The van der Waals surface area contributed by atoms with Crippen molar-refractivity contribution in [3.8, 4) is 11.1 Å². The number of nitrogens with one attached hydrogen (secondary N) is 1. The fourth-order valence-electron chi connectivity index (χ4n) is 2.11. The first-order chi connectivity index (χ1) is 8.35. The molecule has 0 radical (unpaired) electrons. The molecule has 2 rings (SSSR count). The highest BCUT2D eigenvalue weighted by atomic mass is 14.8. The highest BCUT2D eigenvalue weighted by molar-refractivity contribution is 5.68. The van der Waals surface area contributed by atoms with Gasteiger partial charge in [-0.25, -0.2) is 0 Å². The maximum Gasteiger partial charge on any atom is 0.0208 e. The first-order valence-electron chi connectivity index (χ1n) is 6.17. The van der Waals surface area contributed by atoms with Crippen LogP contribution in [0.2, 0.25) is 0 Å². The summed E-state index contributed by atoms with van der Waals surface area (Å²) in [7, 11) is 1.99. The molecule has 17 heavy (non-hydrogen) atoms. The fraction of sp³-hybridized carbons (Fsp3) is 0.250. The Morgan fingerprint density at radius 3 is 2.59 bits per heavy atom. The summed E-state index contributed by atoms with van der Waals surface area (Å²) in [6.45, 7) is 3.10. The summed E-state index contributed by atoms with van der Waals surface area (Å²) < 4.78 is 0. The minimum Gasteiger partial charge on any atom is -0.316 e. The highest BCUT2D eigenvalue weighted by Gasteiger charge is 2.03. The van der Waals surface area contributed by atoms with Crippen LogP contribution in [0.4, 0.5) is 0 Å². The number of benzene rings is 2. The molecule has 0 heterocycles. The van der Waals surface area contributed by atoms with Gasteiger partial charge < -0.3 is 5.32 Å². The monoisotopic (exact) mass is 225 g/mol. The molecular formula is C16H19N. The van der Waals surface area contributed by atoms with Gasteiger partial charge in [0, 0.05) is 6.54 Å². The zero-order valence-electron chi connectivity index (χ0n) is 10.5. The van der Waals surface area contributed by atoms with Gasteiger partial charge in [0.2, 0.25) is 0 Å².